The molecule has 9 heteroatoms. The van der Waals surface area contributed by atoms with Gasteiger partial charge in [0.2, 0.25) is 11.8 Å². The van der Waals surface area contributed by atoms with Gasteiger partial charge in [-0.2, -0.15) is 0 Å². The van der Waals surface area contributed by atoms with E-state index in [1.165, 1.54) is 4.90 Å². The Morgan fingerprint density at radius 2 is 1.91 bits per heavy atom. The zero-order chi connectivity index (χ0) is 25.3. The van der Waals surface area contributed by atoms with Gasteiger partial charge in [-0.1, -0.05) is 61.3 Å². The first-order valence-corrected chi connectivity index (χ1v) is 12.3. The third kappa shape index (κ3) is 5.05. The van der Waals surface area contributed by atoms with Gasteiger partial charge in [0.15, 0.2) is 0 Å². The van der Waals surface area contributed by atoms with Crippen molar-refractivity contribution < 1.29 is 24.5 Å². The van der Waals surface area contributed by atoms with E-state index in [4.69, 9.17) is 27.9 Å². The third-order valence-corrected chi connectivity index (χ3v) is 6.96. The summed E-state index contributed by atoms with van der Waals surface area (Å²) in [6.45, 7) is 3.54. The van der Waals surface area contributed by atoms with Crippen molar-refractivity contribution >= 4 is 35.0 Å². The number of rotatable bonds is 7. The minimum Gasteiger partial charge on any atom is -0.486 e. The van der Waals surface area contributed by atoms with Gasteiger partial charge in [-0.25, -0.2) is 0 Å². The van der Waals surface area contributed by atoms with Crippen molar-refractivity contribution in [2.24, 2.45) is 5.92 Å². The van der Waals surface area contributed by atoms with Gasteiger partial charge in [0.25, 0.3) is 0 Å². The fourth-order valence-corrected chi connectivity index (χ4v) is 5.15. The Balaban J connectivity index is 1.78. The fourth-order valence-electron chi connectivity index (χ4n) is 4.69. The largest absolute Gasteiger partial charge is 0.486 e. The highest BCUT2D eigenvalue weighted by atomic mass is 35.5. The van der Waals surface area contributed by atoms with Crippen LogP contribution in [0.4, 0.5) is 0 Å². The summed E-state index contributed by atoms with van der Waals surface area (Å²) in [6, 6.07) is 11.5. The highest BCUT2D eigenvalue weighted by molar-refractivity contribution is 6.35. The van der Waals surface area contributed by atoms with Crippen LogP contribution in [0.2, 0.25) is 10.0 Å². The van der Waals surface area contributed by atoms with Crippen LogP contribution in [-0.2, 0) is 16.1 Å². The van der Waals surface area contributed by atoms with Gasteiger partial charge in [0.1, 0.15) is 18.0 Å². The van der Waals surface area contributed by atoms with Gasteiger partial charge in [-0.3, -0.25) is 9.59 Å². The van der Waals surface area contributed by atoms with Crippen molar-refractivity contribution in [3.05, 3.63) is 75.3 Å². The maximum absolute atomic E-state index is 13.4. The first-order valence-electron chi connectivity index (χ1n) is 11.5. The Morgan fingerprint density at radius 1 is 1.17 bits per heavy atom. The number of carbonyl (C=O) groups excluding carboxylic acids is 2. The molecule has 0 bridgehead atoms. The van der Waals surface area contributed by atoms with Crippen LogP contribution in [0.25, 0.3) is 0 Å². The number of hydrogen-bond donors (Lipinski definition) is 3. The Morgan fingerprint density at radius 3 is 2.60 bits per heavy atom. The zero-order valence-corrected chi connectivity index (χ0v) is 21.0. The second-order valence-corrected chi connectivity index (χ2v) is 9.88. The highest BCUT2D eigenvalue weighted by Crippen LogP contribution is 2.47. The molecular weight excluding hydrogens is 491 g/mol. The first-order chi connectivity index (χ1) is 16.7. The summed E-state index contributed by atoms with van der Waals surface area (Å²) in [7, 11) is 0. The second kappa shape index (κ2) is 10.6. The molecule has 2 amide bonds. The fraction of sp³-hybridized carbons (Fsp3) is 0.385. The predicted molar refractivity (Wildman–Crippen MR) is 133 cm³/mol. The molecule has 0 saturated carbocycles. The van der Waals surface area contributed by atoms with E-state index < -0.39 is 24.2 Å². The molecule has 2 aromatic rings. The standard InChI is InChI=1S/C26H28Cl2N2O5/c1-14(2)26(34)30(13-15-7-8-16(27)11-19(15)28)20-12-18(25(33)29-9-10-31)22-17-5-3-4-6-21(17)35-24(22)23(20)32/h3-8,11-12,14,20,22-24,31-32H,9-10,13H2,1-2H3,(H,29,33). The number of aliphatic hydroxyl groups excluding tert-OH is 2. The van der Waals surface area contributed by atoms with Crippen LogP contribution >= 0.6 is 23.2 Å². The minimum absolute atomic E-state index is 0.0817. The molecule has 1 heterocycles. The minimum atomic E-state index is -1.10. The Labute approximate surface area is 214 Å². The summed E-state index contributed by atoms with van der Waals surface area (Å²) in [5.74, 6) is -0.877. The second-order valence-electron chi connectivity index (χ2n) is 9.04. The summed E-state index contributed by atoms with van der Waals surface area (Å²) in [5, 5.41) is 24.3. The molecule has 0 saturated heterocycles. The summed E-state index contributed by atoms with van der Waals surface area (Å²) >= 11 is 12.5. The molecule has 2 aromatic carbocycles. The van der Waals surface area contributed by atoms with E-state index in [1.54, 1.807) is 44.2 Å². The third-order valence-electron chi connectivity index (χ3n) is 6.37. The Bertz CT molecular complexity index is 1150. The van der Waals surface area contributed by atoms with Crippen LogP contribution in [0, 0.1) is 5.92 Å². The normalized spacial score (nSPS) is 22.7. The number of hydrogen-bond acceptors (Lipinski definition) is 5. The average molecular weight is 519 g/mol. The van der Waals surface area contributed by atoms with Crippen LogP contribution in [0.3, 0.4) is 0 Å². The van der Waals surface area contributed by atoms with Gasteiger partial charge in [-0.05, 0) is 29.8 Å². The summed E-state index contributed by atoms with van der Waals surface area (Å²) in [5.41, 5.74) is 1.84. The Hall–Kier alpha value is -2.58. The van der Waals surface area contributed by atoms with Gasteiger partial charge < -0.3 is 25.2 Å². The molecular formula is C26H28Cl2N2O5. The monoisotopic (exact) mass is 518 g/mol. The van der Waals surface area contributed by atoms with Crippen LogP contribution < -0.4 is 10.1 Å². The van der Waals surface area contributed by atoms with Gasteiger partial charge >= 0.3 is 0 Å². The van der Waals surface area contributed by atoms with Crippen molar-refractivity contribution in [2.45, 2.75) is 44.6 Å². The lowest BCUT2D eigenvalue weighted by molar-refractivity contribution is -0.141. The molecule has 4 unspecified atom stereocenters. The number of ether oxygens (including phenoxy) is 1. The van der Waals surface area contributed by atoms with Crippen molar-refractivity contribution in [1.29, 1.82) is 0 Å². The number of carbonyl (C=O) groups is 2. The molecule has 0 spiro atoms. The molecule has 186 valence electrons. The maximum atomic E-state index is 13.4. The number of nitrogens with zero attached hydrogens (tertiary/aromatic N) is 1. The van der Waals surface area contributed by atoms with Crippen molar-refractivity contribution in [3.63, 3.8) is 0 Å². The van der Waals surface area contributed by atoms with Crippen LogP contribution in [0.15, 0.2) is 54.1 Å². The van der Waals surface area contributed by atoms with E-state index in [0.29, 0.717) is 26.9 Å². The van der Waals surface area contributed by atoms with Crippen LogP contribution in [0.5, 0.6) is 5.75 Å². The zero-order valence-electron chi connectivity index (χ0n) is 19.4. The molecule has 0 aromatic heterocycles. The molecule has 0 radical (unpaired) electrons. The lowest BCUT2D eigenvalue weighted by Crippen LogP contribution is -2.56. The number of para-hydroxylation sites is 1. The molecule has 35 heavy (non-hydrogen) atoms. The molecule has 4 atom stereocenters. The van der Waals surface area contributed by atoms with E-state index in [-0.39, 0.29) is 37.4 Å². The summed E-state index contributed by atoms with van der Waals surface area (Å²) in [6.07, 6.45) is -0.218. The van der Waals surface area contributed by atoms with Crippen molar-refractivity contribution in [3.8, 4) is 5.75 Å². The predicted octanol–water partition coefficient (Wildman–Crippen LogP) is 3.30. The molecule has 1 aliphatic heterocycles. The van der Waals surface area contributed by atoms with E-state index in [2.05, 4.69) is 5.32 Å². The SMILES string of the molecule is CC(C)C(=O)N(Cc1ccc(Cl)cc1Cl)C1C=C(C(=O)NCCO)C2c3ccccc3OC2C1O. The molecule has 2 aliphatic rings. The highest BCUT2D eigenvalue weighted by Gasteiger charge is 2.50. The number of amides is 2. The van der Waals surface area contributed by atoms with Crippen LogP contribution in [-0.4, -0.2) is 58.3 Å². The lowest BCUT2D eigenvalue weighted by Gasteiger charge is -2.41. The topological polar surface area (TPSA) is 99.1 Å². The van der Waals surface area contributed by atoms with E-state index in [1.807, 2.05) is 18.2 Å². The summed E-state index contributed by atoms with van der Waals surface area (Å²) < 4.78 is 6.12. The molecule has 4 rings (SSSR count). The van der Waals surface area contributed by atoms with Crippen LogP contribution in [0.1, 0.15) is 30.9 Å². The molecule has 7 nitrogen and oxygen atoms in total. The van der Waals surface area contributed by atoms with Gasteiger partial charge in [0.05, 0.1) is 18.6 Å². The van der Waals surface area contributed by atoms with E-state index in [0.717, 1.165) is 5.56 Å². The quantitative estimate of drug-likeness (QED) is 0.522. The van der Waals surface area contributed by atoms with Crippen molar-refractivity contribution in [1.82, 2.24) is 10.2 Å². The summed E-state index contributed by atoms with van der Waals surface area (Å²) in [4.78, 5) is 28.1. The number of halogens is 2. The number of aliphatic hydroxyl groups is 2. The van der Waals surface area contributed by atoms with E-state index in [9.17, 15) is 19.8 Å². The van der Waals surface area contributed by atoms with Gasteiger partial charge in [0, 0.05) is 40.2 Å². The number of benzene rings is 2. The number of fused-ring (bicyclic) bond motifs is 3. The van der Waals surface area contributed by atoms with Crippen molar-refractivity contribution in [2.75, 3.05) is 13.2 Å². The average Bonchev–Trinajstić information content (AvgIpc) is 3.22. The lowest BCUT2D eigenvalue weighted by atomic mass is 9.77. The molecule has 3 N–H and O–H groups in total. The smallest absolute Gasteiger partial charge is 0.247 e. The molecule has 0 fully saturated rings. The Kier molecular flexibility index (Phi) is 7.71. The first kappa shape index (κ1) is 25.5. The van der Waals surface area contributed by atoms with E-state index >= 15 is 0 Å². The molecule has 1 aliphatic carbocycles. The maximum Gasteiger partial charge on any atom is 0.247 e. The number of nitrogens with one attached hydrogen (secondary N) is 1. The van der Waals surface area contributed by atoms with Gasteiger partial charge in [-0.15, -0.1) is 0 Å².